The highest BCUT2D eigenvalue weighted by Crippen LogP contribution is 2.29. The Bertz CT molecular complexity index is 1110. The largest absolute Gasteiger partial charge is 0.377 e. The van der Waals surface area contributed by atoms with Crippen molar-refractivity contribution in [1.82, 2.24) is 29.9 Å². The van der Waals surface area contributed by atoms with Crippen LogP contribution in [0.5, 0.6) is 0 Å². The van der Waals surface area contributed by atoms with Gasteiger partial charge in [0.15, 0.2) is 11.6 Å². The number of aryl methyl sites for hydroxylation is 1. The maximum atomic E-state index is 5.70. The van der Waals surface area contributed by atoms with E-state index in [9.17, 15) is 0 Å². The lowest BCUT2D eigenvalue weighted by atomic mass is 10.2. The van der Waals surface area contributed by atoms with Crippen molar-refractivity contribution in [3.63, 3.8) is 0 Å². The maximum absolute atomic E-state index is 5.70. The highest BCUT2D eigenvalue weighted by atomic mass is 16.5. The summed E-state index contributed by atoms with van der Waals surface area (Å²) in [6, 6.07) is 11.6. The Morgan fingerprint density at radius 2 is 1.97 bits per heavy atom. The predicted octanol–water partition coefficient (Wildman–Crippen LogP) is 2.51. The van der Waals surface area contributed by atoms with Gasteiger partial charge >= 0.3 is 0 Å². The second kappa shape index (κ2) is 7.44. The van der Waals surface area contributed by atoms with Crippen LogP contribution in [0, 0.1) is 0 Å². The van der Waals surface area contributed by atoms with Crippen molar-refractivity contribution in [2.75, 3.05) is 24.7 Å². The molecule has 1 fully saturated rings. The minimum Gasteiger partial charge on any atom is -0.377 e. The molecule has 1 aliphatic rings. The number of anilines is 1. The molecular weight excluding hydrogens is 370 g/mol. The van der Waals surface area contributed by atoms with E-state index in [2.05, 4.69) is 25.1 Å². The second-order valence-electron chi connectivity index (χ2n) is 6.75. The number of rotatable bonds is 4. The Balaban J connectivity index is 1.46. The quantitative estimate of drug-likeness (QED) is 0.525. The number of hydrogen-bond donors (Lipinski definition) is 0. The van der Waals surface area contributed by atoms with Crippen molar-refractivity contribution in [3.05, 3.63) is 60.8 Å². The molecule has 1 atom stereocenters. The lowest BCUT2D eigenvalue weighted by Gasteiger charge is -2.34. The normalized spacial score (nSPS) is 16.9. The Labute approximate surface area is 167 Å². The van der Waals surface area contributed by atoms with Crippen LogP contribution in [0.15, 0.2) is 59.5 Å². The first-order valence-corrected chi connectivity index (χ1v) is 9.33. The standard InChI is InChI=1S/C20H19N7O2/c1-26-12-15(11-22-26)20-24-19(25-29-20)16-13-28-10-9-27(16)17-7-8-21-18(23-17)14-5-3-2-4-6-14/h2-8,11-12,16H,9-10,13H2,1H3. The molecule has 0 radical (unpaired) electrons. The van der Waals surface area contributed by atoms with E-state index in [-0.39, 0.29) is 6.04 Å². The van der Waals surface area contributed by atoms with E-state index in [1.807, 2.05) is 49.6 Å². The smallest absolute Gasteiger partial charge is 0.261 e. The summed E-state index contributed by atoms with van der Waals surface area (Å²) < 4.78 is 12.9. The molecule has 3 aromatic heterocycles. The van der Waals surface area contributed by atoms with Gasteiger partial charge in [-0.2, -0.15) is 10.1 Å². The van der Waals surface area contributed by atoms with E-state index in [1.165, 1.54) is 0 Å². The molecule has 9 heteroatoms. The second-order valence-corrected chi connectivity index (χ2v) is 6.75. The molecule has 0 amide bonds. The van der Waals surface area contributed by atoms with Gasteiger partial charge in [0, 0.05) is 31.5 Å². The van der Waals surface area contributed by atoms with E-state index in [0.717, 1.165) is 16.9 Å². The molecule has 4 heterocycles. The summed E-state index contributed by atoms with van der Waals surface area (Å²) in [5, 5.41) is 8.35. The predicted molar refractivity (Wildman–Crippen MR) is 105 cm³/mol. The SMILES string of the molecule is Cn1cc(-c2nc(C3COCCN3c3ccnc(-c4ccccc4)n3)no2)cn1. The zero-order valence-corrected chi connectivity index (χ0v) is 15.8. The fraction of sp³-hybridized carbons (Fsp3) is 0.250. The fourth-order valence-corrected chi connectivity index (χ4v) is 3.35. The lowest BCUT2D eigenvalue weighted by molar-refractivity contribution is 0.0905. The van der Waals surface area contributed by atoms with Crippen molar-refractivity contribution in [2.45, 2.75) is 6.04 Å². The Kier molecular flexibility index (Phi) is 4.49. The summed E-state index contributed by atoms with van der Waals surface area (Å²) in [4.78, 5) is 15.9. The zero-order valence-electron chi connectivity index (χ0n) is 15.8. The van der Waals surface area contributed by atoms with E-state index < -0.39 is 0 Å². The van der Waals surface area contributed by atoms with Gasteiger partial charge < -0.3 is 14.2 Å². The van der Waals surface area contributed by atoms with Crippen LogP contribution in [-0.2, 0) is 11.8 Å². The van der Waals surface area contributed by atoms with E-state index in [0.29, 0.717) is 37.3 Å². The Morgan fingerprint density at radius 3 is 2.79 bits per heavy atom. The topological polar surface area (TPSA) is 95.0 Å². The Hall–Kier alpha value is -3.59. The van der Waals surface area contributed by atoms with Gasteiger partial charge in [-0.05, 0) is 6.07 Å². The van der Waals surface area contributed by atoms with Gasteiger partial charge in [0.2, 0.25) is 0 Å². The van der Waals surface area contributed by atoms with Crippen molar-refractivity contribution in [2.24, 2.45) is 7.05 Å². The first-order chi connectivity index (χ1) is 14.3. The van der Waals surface area contributed by atoms with Crippen LogP contribution in [0.3, 0.4) is 0 Å². The van der Waals surface area contributed by atoms with Crippen LogP contribution in [0.1, 0.15) is 11.9 Å². The van der Waals surface area contributed by atoms with Crippen LogP contribution in [0.2, 0.25) is 0 Å². The first kappa shape index (κ1) is 17.5. The molecule has 1 saturated heterocycles. The number of ether oxygens (including phenoxy) is 1. The van der Waals surface area contributed by atoms with Crippen molar-refractivity contribution in [1.29, 1.82) is 0 Å². The van der Waals surface area contributed by atoms with Gasteiger partial charge in [0.25, 0.3) is 5.89 Å². The highest BCUT2D eigenvalue weighted by molar-refractivity contribution is 5.57. The molecule has 1 aromatic carbocycles. The average molecular weight is 389 g/mol. The summed E-state index contributed by atoms with van der Waals surface area (Å²) in [7, 11) is 1.84. The summed E-state index contributed by atoms with van der Waals surface area (Å²) in [5.74, 6) is 2.48. The number of benzene rings is 1. The van der Waals surface area contributed by atoms with Crippen LogP contribution in [0.25, 0.3) is 22.8 Å². The molecular formula is C20H19N7O2. The summed E-state index contributed by atoms with van der Waals surface area (Å²) in [5.41, 5.74) is 1.75. The number of hydrogen-bond acceptors (Lipinski definition) is 8. The molecule has 0 N–H and O–H groups in total. The van der Waals surface area contributed by atoms with Gasteiger partial charge in [0.05, 0.1) is 25.0 Å². The lowest BCUT2D eigenvalue weighted by Crippen LogP contribution is -2.40. The first-order valence-electron chi connectivity index (χ1n) is 9.33. The third-order valence-electron chi connectivity index (χ3n) is 4.79. The molecule has 4 aromatic rings. The van der Waals surface area contributed by atoms with Crippen molar-refractivity contribution in [3.8, 4) is 22.8 Å². The van der Waals surface area contributed by atoms with Crippen LogP contribution in [0.4, 0.5) is 5.82 Å². The van der Waals surface area contributed by atoms with Crippen LogP contribution >= 0.6 is 0 Å². The molecule has 0 spiro atoms. The number of nitrogens with zero attached hydrogens (tertiary/aromatic N) is 7. The molecule has 9 nitrogen and oxygen atoms in total. The van der Waals surface area contributed by atoms with Gasteiger partial charge in [-0.1, -0.05) is 35.5 Å². The fourth-order valence-electron chi connectivity index (χ4n) is 3.35. The summed E-state index contributed by atoms with van der Waals surface area (Å²) in [6.07, 6.45) is 5.31. The van der Waals surface area contributed by atoms with Crippen molar-refractivity contribution >= 4 is 5.82 Å². The molecule has 0 saturated carbocycles. The summed E-state index contributed by atoms with van der Waals surface area (Å²) >= 11 is 0. The molecule has 0 aliphatic carbocycles. The minimum absolute atomic E-state index is 0.198. The van der Waals surface area contributed by atoms with Gasteiger partial charge in [-0.15, -0.1) is 0 Å². The third kappa shape index (κ3) is 3.47. The summed E-state index contributed by atoms with van der Waals surface area (Å²) in [6.45, 7) is 1.73. The van der Waals surface area contributed by atoms with E-state index in [4.69, 9.17) is 14.2 Å². The Morgan fingerprint density at radius 1 is 1.07 bits per heavy atom. The number of aromatic nitrogens is 6. The number of morpholine rings is 1. The highest BCUT2D eigenvalue weighted by Gasteiger charge is 2.30. The molecule has 5 rings (SSSR count). The maximum Gasteiger partial charge on any atom is 0.261 e. The van der Waals surface area contributed by atoms with Gasteiger partial charge in [0.1, 0.15) is 11.9 Å². The third-order valence-corrected chi connectivity index (χ3v) is 4.79. The van der Waals surface area contributed by atoms with Crippen LogP contribution < -0.4 is 4.90 Å². The molecule has 146 valence electrons. The molecule has 1 aliphatic heterocycles. The zero-order chi connectivity index (χ0) is 19.6. The van der Waals surface area contributed by atoms with E-state index in [1.54, 1.807) is 17.1 Å². The van der Waals surface area contributed by atoms with Gasteiger partial charge in [-0.3, -0.25) is 4.68 Å². The molecule has 0 bridgehead atoms. The average Bonchev–Trinajstić information content (AvgIpc) is 3.44. The van der Waals surface area contributed by atoms with Gasteiger partial charge in [-0.25, -0.2) is 9.97 Å². The monoisotopic (exact) mass is 389 g/mol. The minimum atomic E-state index is -0.198. The van der Waals surface area contributed by atoms with Crippen molar-refractivity contribution < 1.29 is 9.26 Å². The molecule has 1 unspecified atom stereocenters. The molecule has 29 heavy (non-hydrogen) atoms. The van der Waals surface area contributed by atoms with E-state index >= 15 is 0 Å². The van der Waals surface area contributed by atoms with Crippen LogP contribution in [-0.4, -0.2) is 49.6 Å².